The molecule has 4 rings (SSSR count). The van der Waals surface area contributed by atoms with Gasteiger partial charge in [-0.25, -0.2) is 0 Å². The average Bonchev–Trinajstić information content (AvgIpc) is 3.27. The number of hydrogen-bond acceptors (Lipinski definition) is 6. The van der Waals surface area contributed by atoms with E-state index in [1.54, 1.807) is 60.9 Å². The van der Waals surface area contributed by atoms with Gasteiger partial charge >= 0.3 is 0 Å². The first-order valence-electron chi connectivity index (χ1n) is 10.6. The normalized spacial score (nSPS) is 19.9. The first kappa shape index (κ1) is 22.2. The van der Waals surface area contributed by atoms with Crippen molar-refractivity contribution in [2.24, 2.45) is 0 Å². The molecule has 1 fully saturated rings. The summed E-state index contributed by atoms with van der Waals surface area (Å²) in [5.41, 5.74) is 2.17. The van der Waals surface area contributed by atoms with Crippen molar-refractivity contribution < 1.29 is 19.5 Å². The van der Waals surface area contributed by atoms with Crippen molar-refractivity contribution in [2.45, 2.75) is 18.5 Å². The molecule has 0 saturated carbocycles. The molecule has 0 bridgehead atoms. The van der Waals surface area contributed by atoms with Crippen molar-refractivity contribution in [3.63, 3.8) is 0 Å². The van der Waals surface area contributed by atoms with Crippen LogP contribution in [0.25, 0.3) is 0 Å². The van der Waals surface area contributed by atoms with Crippen LogP contribution in [-0.2, 0) is 0 Å². The number of aliphatic hydroxyl groups excluding tert-OH is 1. The van der Waals surface area contributed by atoms with Crippen molar-refractivity contribution in [2.75, 3.05) is 13.1 Å². The Morgan fingerprint density at radius 2 is 1.45 bits per heavy atom. The third-order valence-corrected chi connectivity index (χ3v) is 5.63. The zero-order chi connectivity index (χ0) is 23.4. The number of benzene rings is 1. The molecular formula is C25H24N4O4. The predicted octanol–water partition coefficient (Wildman–Crippen LogP) is 2.09. The van der Waals surface area contributed by atoms with Crippen LogP contribution in [0.2, 0.25) is 0 Å². The second-order valence-corrected chi connectivity index (χ2v) is 7.97. The molecule has 8 heteroatoms. The minimum absolute atomic E-state index is 0.0668. The minimum Gasteiger partial charge on any atom is -0.508 e. The van der Waals surface area contributed by atoms with Crippen molar-refractivity contribution in [1.29, 1.82) is 0 Å². The zero-order valence-corrected chi connectivity index (χ0v) is 17.9. The molecule has 0 spiro atoms. The highest BCUT2D eigenvalue weighted by atomic mass is 16.3. The summed E-state index contributed by atoms with van der Waals surface area (Å²) in [7, 11) is 0. The summed E-state index contributed by atoms with van der Waals surface area (Å²) < 4.78 is 0. The Balaban J connectivity index is 1.39. The van der Waals surface area contributed by atoms with E-state index in [0.717, 1.165) is 5.57 Å². The second-order valence-electron chi connectivity index (χ2n) is 7.97. The smallest absolute Gasteiger partial charge is 0.251 e. The number of nitrogens with one attached hydrogen (secondary N) is 3. The van der Waals surface area contributed by atoms with Gasteiger partial charge in [0.15, 0.2) is 5.78 Å². The number of Topliss-reactive ketones (excluding diaryl/α,β-unsaturated/α-hetero) is 1. The second kappa shape index (κ2) is 9.62. The molecule has 4 N–H and O–H groups in total. The molecule has 2 aromatic rings. The fraction of sp³-hybridized carbons (Fsp3) is 0.200. The molecule has 0 radical (unpaired) electrons. The summed E-state index contributed by atoms with van der Waals surface area (Å²) in [4.78, 5) is 41.8. The number of aromatic nitrogens is 1. The SMILES string of the molecule is C=C1C=C(C(=O)c2ccc(C(=O)N[C@@H]3CNC[C@H]3NC(=O)c3ccncc3)cc2)C(O)=CC1. The van der Waals surface area contributed by atoms with Gasteiger partial charge in [-0.05, 0) is 42.8 Å². The quantitative estimate of drug-likeness (QED) is 0.507. The van der Waals surface area contributed by atoms with Gasteiger partial charge in [0.05, 0.1) is 17.7 Å². The Morgan fingerprint density at radius 1 is 0.909 bits per heavy atom. The number of ketones is 1. The standard InChI is InChI=1S/C25H24N4O4/c1-15-2-7-22(30)19(12-15)23(31)16-3-5-17(6-4-16)24(32)28-20-13-27-14-21(20)29-25(33)18-8-10-26-11-9-18/h3-12,20-21,27,30H,1-2,13-14H2,(H,28,32)(H,29,33)/t20-,21-/m1/s1. The van der Waals surface area contributed by atoms with Crippen LogP contribution in [0.15, 0.2) is 84.4 Å². The molecular weight excluding hydrogens is 420 g/mol. The lowest BCUT2D eigenvalue weighted by molar-refractivity contribution is 0.0896. The fourth-order valence-corrected chi connectivity index (χ4v) is 3.77. The Hall–Kier alpha value is -4.04. The maximum Gasteiger partial charge on any atom is 0.251 e. The van der Waals surface area contributed by atoms with E-state index in [2.05, 4.69) is 27.5 Å². The van der Waals surface area contributed by atoms with E-state index in [-0.39, 0.29) is 41.0 Å². The third kappa shape index (κ3) is 5.07. The zero-order valence-electron chi connectivity index (χ0n) is 17.9. The number of rotatable bonds is 6. The number of hydrogen-bond donors (Lipinski definition) is 4. The van der Waals surface area contributed by atoms with Crippen LogP contribution in [-0.4, -0.2) is 52.9 Å². The minimum atomic E-state index is -0.338. The van der Waals surface area contributed by atoms with Crippen molar-refractivity contribution in [3.05, 3.63) is 101 Å². The van der Waals surface area contributed by atoms with Crippen LogP contribution in [0.1, 0.15) is 37.5 Å². The first-order chi connectivity index (χ1) is 15.9. The first-order valence-corrected chi connectivity index (χ1v) is 10.6. The van der Waals surface area contributed by atoms with Crippen LogP contribution in [0.4, 0.5) is 0 Å². The van der Waals surface area contributed by atoms with E-state index in [1.807, 2.05) is 0 Å². The van der Waals surface area contributed by atoms with E-state index < -0.39 is 0 Å². The molecule has 1 aliphatic carbocycles. The van der Waals surface area contributed by atoms with E-state index in [0.29, 0.717) is 36.2 Å². The van der Waals surface area contributed by atoms with Crippen LogP contribution < -0.4 is 16.0 Å². The van der Waals surface area contributed by atoms with Gasteiger partial charge < -0.3 is 21.1 Å². The lowest BCUT2D eigenvalue weighted by Gasteiger charge is -2.21. The molecule has 8 nitrogen and oxygen atoms in total. The van der Waals surface area contributed by atoms with Gasteiger partial charge in [0.2, 0.25) is 0 Å². The van der Waals surface area contributed by atoms with Crippen molar-refractivity contribution >= 4 is 17.6 Å². The van der Waals surface area contributed by atoms with Gasteiger partial charge in [-0.3, -0.25) is 19.4 Å². The van der Waals surface area contributed by atoms with Gasteiger partial charge in [0, 0.05) is 42.2 Å². The highest BCUT2D eigenvalue weighted by Gasteiger charge is 2.30. The lowest BCUT2D eigenvalue weighted by Crippen LogP contribution is -2.51. The highest BCUT2D eigenvalue weighted by molar-refractivity contribution is 6.12. The largest absolute Gasteiger partial charge is 0.508 e. The van der Waals surface area contributed by atoms with Gasteiger partial charge in [-0.1, -0.05) is 24.3 Å². The van der Waals surface area contributed by atoms with E-state index >= 15 is 0 Å². The summed E-state index contributed by atoms with van der Waals surface area (Å²) in [6, 6.07) is 8.94. The third-order valence-electron chi connectivity index (χ3n) is 5.63. The number of aliphatic hydroxyl groups is 1. The maximum atomic E-state index is 12.8. The molecule has 1 aromatic carbocycles. The molecule has 2 amide bonds. The summed E-state index contributed by atoms with van der Waals surface area (Å²) in [5.74, 6) is -0.942. The fourth-order valence-electron chi connectivity index (χ4n) is 3.77. The average molecular weight is 444 g/mol. The Kier molecular flexibility index (Phi) is 6.46. The summed E-state index contributed by atoms with van der Waals surface area (Å²) in [5, 5.41) is 19.1. The van der Waals surface area contributed by atoms with Crippen LogP contribution >= 0.6 is 0 Å². The highest BCUT2D eigenvalue weighted by Crippen LogP contribution is 2.23. The van der Waals surface area contributed by atoms with Gasteiger partial charge in [0.25, 0.3) is 11.8 Å². The van der Waals surface area contributed by atoms with Crippen molar-refractivity contribution in [1.82, 2.24) is 20.9 Å². The number of nitrogens with zero attached hydrogens (tertiary/aromatic N) is 1. The monoisotopic (exact) mass is 444 g/mol. The molecule has 2 atom stereocenters. The molecule has 1 aliphatic heterocycles. The van der Waals surface area contributed by atoms with E-state index in [4.69, 9.17) is 0 Å². The summed E-state index contributed by atoms with van der Waals surface area (Å²) in [6.45, 7) is 4.89. The lowest BCUT2D eigenvalue weighted by atomic mass is 9.94. The maximum absolute atomic E-state index is 12.8. The number of pyridine rings is 1. The molecule has 2 heterocycles. The molecule has 2 aliphatic rings. The molecule has 1 saturated heterocycles. The number of amides is 2. The predicted molar refractivity (Wildman–Crippen MR) is 123 cm³/mol. The summed E-state index contributed by atoms with van der Waals surface area (Å²) in [6.07, 6.45) is 6.73. The molecule has 0 unspecified atom stereocenters. The van der Waals surface area contributed by atoms with Crippen LogP contribution in [0, 0.1) is 0 Å². The Morgan fingerprint density at radius 3 is 2.06 bits per heavy atom. The Bertz CT molecular complexity index is 1150. The van der Waals surface area contributed by atoms with E-state index in [9.17, 15) is 19.5 Å². The molecule has 168 valence electrons. The molecule has 1 aromatic heterocycles. The molecule has 33 heavy (non-hydrogen) atoms. The van der Waals surface area contributed by atoms with E-state index in [1.165, 1.54) is 0 Å². The number of allylic oxidation sites excluding steroid dienone is 4. The number of carbonyl (C=O) groups excluding carboxylic acids is 3. The summed E-state index contributed by atoms with van der Waals surface area (Å²) >= 11 is 0. The topological polar surface area (TPSA) is 120 Å². The van der Waals surface area contributed by atoms with Gasteiger partial charge in [-0.2, -0.15) is 0 Å². The Labute approximate surface area is 191 Å². The van der Waals surface area contributed by atoms with Crippen molar-refractivity contribution in [3.8, 4) is 0 Å². The van der Waals surface area contributed by atoms with Gasteiger partial charge in [0.1, 0.15) is 5.76 Å². The van der Waals surface area contributed by atoms with Gasteiger partial charge in [-0.15, -0.1) is 0 Å². The van der Waals surface area contributed by atoms with Crippen LogP contribution in [0.3, 0.4) is 0 Å². The number of carbonyl (C=O) groups is 3. The van der Waals surface area contributed by atoms with Crippen LogP contribution in [0.5, 0.6) is 0 Å².